The number of methoxy groups -OCH3 is 1. The maximum Gasteiger partial charge on any atom is 0.244 e. The molecule has 0 aliphatic heterocycles. The topological polar surface area (TPSA) is 68.3 Å². The number of aromatic nitrogens is 1. The van der Waals surface area contributed by atoms with Gasteiger partial charge in [-0.3, -0.25) is 0 Å². The molecule has 114 valence electrons. The molecule has 0 aliphatic carbocycles. The van der Waals surface area contributed by atoms with Crippen LogP contribution in [0.3, 0.4) is 0 Å². The minimum absolute atomic E-state index is 0.153. The minimum Gasteiger partial charge on any atom is -0.495 e. The SMILES string of the molecule is COc1cc(C)c(C)cc1S(=O)(=O)NCc1csc(C)n1. The molecule has 0 fully saturated rings. The Hall–Kier alpha value is -1.44. The van der Waals surface area contributed by atoms with Gasteiger partial charge in [-0.25, -0.2) is 18.1 Å². The molecule has 0 saturated heterocycles. The van der Waals surface area contributed by atoms with Crippen molar-refractivity contribution in [3.8, 4) is 5.75 Å². The molecule has 1 aromatic heterocycles. The summed E-state index contributed by atoms with van der Waals surface area (Å²) < 4.78 is 32.6. The average Bonchev–Trinajstić information content (AvgIpc) is 2.85. The van der Waals surface area contributed by atoms with E-state index in [9.17, 15) is 8.42 Å². The van der Waals surface area contributed by atoms with Gasteiger partial charge in [-0.05, 0) is 44.0 Å². The largest absolute Gasteiger partial charge is 0.495 e. The molecule has 5 nitrogen and oxygen atoms in total. The molecule has 0 saturated carbocycles. The van der Waals surface area contributed by atoms with Gasteiger partial charge in [0.2, 0.25) is 10.0 Å². The third-order valence-electron chi connectivity index (χ3n) is 3.18. The lowest BCUT2D eigenvalue weighted by atomic mass is 10.1. The number of nitrogens with one attached hydrogen (secondary N) is 1. The zero-order chi connectivity index (χ0) is 15.6. The number of ether oxygens (including phenoxy) is 1. The molecule has 0 atom stereocenters. The highest BCUT2D eigenvalue weighted by atomic mass is 32.2. The van der Waals surface area contributed by atoms with Crippen LogP contribution < -0.4 is 9.46 Å². The lowest BCUT2D eigenvalue weighted by molar-refractivity contribution is 0.401. The van der Waals surface area contributed by atoms with Gasteiger partial charge in [0.1, 0.15) is 10.6 Å². The Balaban J connectivity index is 2.28. The zero-order valence-electron chi connectivity index (χ0n) is 12.4. The highest BCUT2D eigenvalue weighted by Crippen LogP contribution is 2.27. The molecule has 21 heavy (non-hydrogen) atoms. The van der Waals surface area contributed by atoms with Gasteiger partial charge in [0.15, 0.2) is 0 Å². The van der Waals surface area contributed by atoms with Gasteiger partial charge in [0.05, 0.1) is 24.4 Å². The molecule has 2 rings (SSSR count). The van der Waals surface area contributed by atoms with Crippen molar-refractivity contribution in [2.24, 2.45) is 0 Å². The molecule has 7 heteroatoms. The van der Waals surface area contributed by atoms with E-state index in [1.54, 1.807) is 12.1 Å². The van der Waals surface area contributed by atoms with Crippen LogP contribution in [-0.4, -0.2) is 20.5 Å². The number of hydrogen-bond acceptors (Lipinski definition) is 5. The number of sulfonamides is 1. The number of hydrogen-bond donors (Lipinski definition) is 1. The number of rotatable bonds is 5. The predicted octanol–water partition coefficient (Wildman–Crippen LogP) is 2.56. The smallest absolute Gasteiger partial charge is 0.244 e. The Morgan fingerprint density at radius 3 is 2.48 bits per heavy atom. The van der Waals surface area contributed by atoms with Crippen molar-refractivity contribution in [2.45, 2.75) is 32.2 Å². The maximum atomic E-state index is 12.4. The molecular formula is C14H18N2O3S2. The van der Waals surface area contributed by atoms with Crippen LogP contribution in [-0.2, 0) is 16.6 Å². The summed E-state index contributed by atoms with van der Waals surface area (Å²) in [6.45, 7) is 5.84. The van der Waals surface area contributed by atoms with E-state index in [2.05, 4.69) is 9.71 Å². The van der Waals surface area contributed by atoms with Crippen LogP contribution in [0.15, 0.2) is 22.4 Å². The molecular weight excluding hydrogens is 308 g/mol. The molecule has 1 heterocycles. The maximum absolute atomic E-state index is 12.4. The first kappa shape index (κ1) is 15.9. The van der Waals surface area contributed by atoms with E-state index in [0.717, 1.165) is 16.1 Å². The van der Waals surface area contributed by atoms with Crippen molar-refractivity contribution in [3.05, 3.63) is 39.3 Å². The summed E-state index contributed by atoms with van der Waals surface area (Å²) in [5.74, 6) is 0.347. The lowest BCUT2D eigenvalue weighted by Crippen LogP contribution is -2.24. The van der Waals surface area contributed by atoms with Gasteiger partial charge >= 0.3 is 0 Å². The fourth-order valence-corrected chi connectivity index (χ4v) is 3.71. The highest BCUT2D eigenvalue weighted by molar-refractivity contribution is 7.89. The highest BCUT2D eigenvalue weighted by Gasteiger charge is 2.20. The number of thiazole rings is 1. The van der Waals surface area contributed by atoms with Crippen molar-refractivity contribution in [2.75, 3.05) is 7.11 Å². The fourth-order valence-electron chi connectivity index (χ4n) is 1.87. The fraction of sp³-hybridized carbons (Fsp3) is 0.357. The first-order valence-corrected chi connectivity index (χ1v) is 8.75. The molecule has 0 spiro atoms. The first-order chi connectivity index (χ1) is 9.83. The molecule has 1 N–H and O–H groups in total. The number of aryl methyl sites for hydroxylation is 3. The van der Waals surface area contributed by atoms with Crippen molar-refractivity contribution in [3.63, 3.8) is 0 Å². The van der Waals surface area contributed by atoms with Gasteiger partial charge in [0, 0.05) is 5.38 Å². The first-order valence-electron chi connectivity index (χ1n) is 6.39. The third-order valence-corrected chi connectivity index (χ3v) is 5.42. The second-order valence-electron chi connectivity index (χ2n) is 4.77. The quantitative estimate of drug-likeness (QED) is 0.917. The Bertz CT molecular complexity index is 752. The van der Waals surface area contributed by atoms with Crippen molar-refractivity contribution < 1.29 is 13.2 Å². The lowest BCUT2D eigenvalue weighted by Gasteiger charge is -2.12. The molecule has 0 amide bonds. The second kappa shape index (κ2) is 6.13. The normalized spacial score (nSPS) is 11.6. The van der Waals surface area contributed by atoms with Crippen LogP contribution in [0.4, 0.5) is 0 Å². The molecule has 0 bridgehead atoms. The van der Waals surface area contributed by atoms with Crippen LogP contribution in [0, 0.1) is 20.8 Å². The van der Waals surface area contributed by atoms with Crippen molar-refractivity contribution >= 4 is 21.4 Å². The van der Waals surface area contributed by atoms with E-state index in [1.165, 1.54) is 18.4 Å². The monoisotopic (exact) mass is 326 g/mol. The van der Waals surface area contributed by atoms with Crippen molar-refractivity contribution in [1.29, 1.82) is 0 Å². The van der Waals surface area contributed by atoms with Gasteiger partial charge in [0.25, 0.3) is 0 Å². The number of benzene rings is 1. The molecule has 0 unspecified atom stereocenters. The van der Waals surface area contributed by atoms with Crippen LogP contribution >= 0.6 is 11.3 Å². The summed E-state index contributed by atoms with van der Waals surface area (Å²) in [6, 6.07) is 3.36. The van der Waals surface area contributed by atoms with Gasteiger partial charge in [-0.1, -0.05) is 0 Å². The summed E-state index contributed by atoms with van der Waals surface area (Å²) in [5, 5.41) is 2.75. The minimum atomic E-state index is -3.64. The average molecular weight is 326 g/mol. The van der Waals surface area contributed by atoms with E-state index < -0.39 is 10.0 Å². The Labute approximate surface area is 129 Å². The van der Waals surface area contributed by atoms with Crippen molar-refractivity contribution in [1.82, 2.24) is 9.71 Å². The third kappa shape index (κ3) is 3.61. The Morgan fingerprint density at radius 1 is 1.24 bits per heavy atom. The molecule has 0 aliphatic rings. The summed E-state index contributed by atoms with van der Waals surface area (Å²) in [7, 11) is -2.18. The van der Waals surface area contributed by atoms with Gasteiger partial charge in [-0.2, -0.15) is 0 Å². The molecule has 1 aromatic carbocycles. The van der Waals surface area contributed by atoms with E-state index in [0.29, 0.717) is 11.4 Å². The zero-order valence-corrected chi connectivity index (χ0v) is 14.1. The summed E-state index contributed by atoms with van der Waals surface area (Å²) >= 11 is 1.49. The van der Waals surface area contributed by atoms with E-state index >= 15 is 0 Å². The van der Waals surface area contributed by atoms with E-state index in [4.69, 9.17) is 4.74 Å². The summed E-state index contributed by atoms with van der Waals surface area (Å²) in [5.41, 5.74) is 2.60. The Kier molecular flexibility index (Phi) is 4.65. The van der Waals surface area contributed by atoms with E-state index in [1.807, 2.05) is 26.2 Å². The van der Waals surface area contributed by atoms with Gasteiger partial charge < -0.3 is 4.74 Å². The molecule has 0 radical (unpaired) electrons. The van der Waals surface area contributed by atoms with Crippen LogP contribution in [0.2, 0.25) is 0 Å². The standard InChI is InChI=1S/C14H18N2O3S2/c1-9-5-13(19-4)14(6-10(9)2)21(17,18)15-7-12-8-20-11(3)16-12/h5-6,8,15H,7H2,1-4H3. The van der Waals surface area contributed by atoms with Crippen LogP contribution in [0.25, 0.3) is 0 Å². The number of nitrogens with zero attached hydrogens (tertiary/aromatic N) is 1. The van der Waals surface area contributed by atoms with Crippen LogP contribution in [0.5, 0.6) is 5.75 Å². The summed E-state index contributed by atoms with van der Waals surface area (Å²) in [4.78, 5) is 4.39. The van der Waals surface area contributed by atoms with Crippen LogP contribution in [0.1, 0.15) is 21.8 Å². The predicted molar refractivity (Wildman–Crippen MR) is 83.3 cm³/mol. The molecule has 2 aromatic rings. The Morgan fingerprint density at radius 2 is 1.90 bits per heavy atom. The summed E-state index contributed by atoms with van der Waals surface area (Å²) in [6.07, 6.45) is 0. The van der Waals surface area contributed by atoms with E-state index in [-0.39, 0.29) is 11.4 Å². The van der Waals surface area contributed by atoms with Gasteiger partial charge in [-0.15, -0.1) is 11.3 Å². The second-order valence-corrected chi connectivity index (χ2v) is 7.57.